The number of carbonyl (C=O) groups excluding carboxylic acids is 1. The van der Waals surface area contributed by atoms with Gasteiger partial charge < -0.3 is 14.6 Å². The lowest BCUT2D eigenvalue weighted by Gasteiger charge is -2.15. The highest BCUT2D eigenvalue weighted by Crippen LogP contribution is 2.21. The van der Waals surface area contributed by atoms with Gasteiger partial charge in [-0.05, 0) is 54.4 Å². The summed E-state index contributed by atoms with van der Waals surface area (Å²) in [7, 11) is 0. The largest absolute Gasteiger partial charge is 0.481 e. The molecule has 0 bridgehead atoms. The van der Waals surface area contributed by atoms with Gasteiger partial charge in [-0.1, -0.05) is 42.5 Å². The van der Waals surface area contributed by atoms with Gasteiger partial charge >= 0.3 is 0 Å². The maximum absolute atomic E-state index is 12.5. The Balaban J connectivity index is 1.36. The number of hydrogen-bond donors (Lipinski definition) is 1. The summed E-state index contributed by atoms with van der Waals surface area (Å²) in [5.41, 5.74) is 3.96. The Hall–Kier alpha value is -3.86. The summed E-state index contributed by atoms with van der Waals surface area (Å²) >= 11 is 0. The van der Waals surface area contributed by atoms with Crippen LogP contribution in [0.4, 0.5) is 5.69 Å². The minimum atomic E-state index is -0.622. The third-order valence-corrected chi connectivity index (χ3v) is 4.58. The molecule has 0 aliphatic heterocycles. The van der Waals surface area contributed by atoms with Crippen molar-refractivity contribution < 1.29 is 9.53 Å². The van der Waals surface area contributed by atoms with Crippen molar-refractivity contribution in [3.8, 4) is 22.6 Å². The fourth-order valence-electron chi connectivity index (χ4n) is 2.99. The van der Waals surface area contributed by atoms with Gasteiger partial charge in [0.25, 0.3) is 5.91 Å². The molecule has 1 aromatic heterocycles. The molecule has 0 radical (unpaired) electrons. The SMILES string of the molecule is CC(Oc1ccc(-n2ccnc2)cc1)C(=O)Nc1ccc(-c2ccccc2)cc1. The van der Waals surface area contributed by atoms with E-state index in [1.54, 1.807) is 19.4 Å². The summed E-state index contributed by atoms with van der Waals surface area (Å²) < 4.78 is 7.68. The zero-order valence-electron chi connectivity index (χ0n) is 16.0. The van der Waals surface area contributed by atoms with E-state index in [1.807, 2.05) is 77.5 Å². The van der Waals surface area contributed by atoms with Gasteiger partial charge in [0.1, 0.15) is 5.75 Å². The van der Waals surface area contributed by atoms with Crippen LogP contribution in [0.15, 0.2) is 97.6 Å². The Morgan fingerprint density at radius 2 is 1.62 bits per heavy atom. The first-order valence-electron chi connectivity index (χ1n) is 9.40. The number of nitrogens with zero attached hydrogens (tertiary/aromatic N) is 2. The summed E-state index contributed by atoms with van der Waals surface area (Å²) in [4.78, 5) is 16.5. The molecule has 144 valence electrons. The molecule has 5 nitrogen and oxygen atoms in total. The van der Waals surface area contributed by atoms with E-state index in [0.29, 0.717) is 5.75 Å². The molecule has 29 heavy (non-hydrogen) atoms. The summed E-state index contributed by atoms with van der Waals surface area (Å²) in [6.45, 7) is 1.73. The van der Waals surface area contributed by atoms with Gasteiger partial charge in [0.15, 0.2) is 6.10 Å². The maximum Gasteiger partial charge on any atom is 0.265 e. The van der Waals surface area contributed by atoms with E-state index in [1.165, 1.54) is 0 Å². The quantitative estimate of drug-likeness (QED) is 0.513. The number of carbonyl (C=O) groups is 1. The topological polar surface area (TPSA) is 56.2 Å². The fourth-order valence-corrected chi connectivity index (χ4v) is 2.99. The molecule has 1 atom stereocenters. The summed E-state index contributed by atoms with van der Waals surface area (Å²) in [5.74, 6) is 0.437. The van der Waals surface area contributed by atoms with Crippen molar-refractivity contribution in [3.63, 3.8) is 0 Å². The number of ether oxygens (including phenoxy) is 1. The predicted octanol–water partition coefficient (Wildman–Crippen LogP) is 4.95. The lowest BCUT2D eigenvalue weighted by atomic mass is 10.1. The van der Waals surface area contributed by atoms with Gasteiger partial charge in [-0.2, -0.15) is 0 Å². The first-order valence-corrected chi connectivity index (χ1v) is 9.40. The third kappa shape index (κ3) is 4.52. The van der Waals surface area contributed by atoms with E-state index in [2.05, 4.69) is 22.4 Å². The number of amides is 1. The van der Waals surface area contributed by atoms with Crippen molar-refractivity contribution in [1.82, 2.24) is 9.55 Å². The standard InChI is InChI=1S/C24H21N3O2/c1-18(29-23-13-11-22(12-14-23)27-16-15-25-17-27)24(28)26-21-9-7-20(8-10-21)19-5-3-2-4-6-19/h2-18H,1H3,(H,26,28). The molecule has 1 amide bonds. The first-order chi connectivity index (χ1) is 14.2. The van der Waals surface area contributed by atoms with Gasteiger partial charge in [-0.15, -0.1) is 0 Å². The lowest BCUT2D eigenvalue weighted by Crippen LogP contribution is -2.30. The van der Waals surface area contributed by atoms with Crippen molar-refractivity contribution in [2.45, 2.75) is 13.0 Å². The molecule has 1 unspecified atom stereocenters. The number of hydrogen-bond acceptors (Lipinski definition) is 3. The molecule has 1 N–H and O–H groups in total. The third-order valence-electron chi connectivity index (χ3n) is 4.58. The van der Waals surface area contributed by atoms with Crippen molar-refractivity contribution >= 4 is 11.6 Å². The van der Waals surface area contributed by atoms with Gasteiger partial charge in [0.05, 0.1) is 6.33 Å². The van der Waals surface area contributed by atoms with Gasteiger partial charge in [0.2, 0.25) is 0 Å². The first kappa shape index (κ1) is 18.5. The molecule has 4 rings (SSSR count). The van der Waals surface area contributed by atoms with Crippen LogP contribution in [0.2, 0.25) is 0 Å². The van der Waals surface area contributed by atoms with Crippen LogP contribution in [0.25, 0.3) is 16.8 Å². The minimum absolute atomic E-state index is 0.198. The van der Waals surface area contributed by atoms with Crippen molar-refractivity contribution in [2.24, 2.45) is 0 Å². The van der Waals surface area contributed by atoms with E-state index >= 15 is 0 Å². The van der Waals surface area contributed by atoms with E-state index in [9.17, 15) is 4.79 Å². The molecule has 0 aliphatic carbocycles. The van der Waals surface area contributed by atoms with Crippen LogP contribution in [-0.4, -0.2) is 21.6 Å². The van der Waals surface area contributed by atoms with Gasteiger partial charge in [-0.25, -0.2) is 4.98 Å². The average Bonchev–Trinajstić information content (AvgIpc) is 3.30. The van der Waals surface area contributed by atoms with Crippen LogP contribution >= 0.6 is 0 Å². The van der Waals surface area contributed by atoms with Gasteiger partial charge in [0, 0.05) is 23.8 Å². The minimum Gasteiger partial charge on any atom is -0.481 e. The average molecular weight is 383 g/mol. The molecular weight excluding hydrogens is 362 g/mol. The second-order valence-electron chi connectivity index (χ2n) is 6.66. The van der Waals surface area contributed by atoms with E-state index in [4.69, 9.17) is 4.74 Å². The van der Waals surface area contributed by atoms with Crippen LogP contribution in [0, 0.1) is 0 Å². The van der Waals surface area contributed by atoms with Crippen LogP contribution in [0.3, 0.4) is 0 Å². The van der Waals surface area contributed by atoms with Crippen molar-refractivity contribution in [3.05, 3.63) is 97.6 Å². The van der Waals surface area contributed by atoms with Crippen LogP contribution in [0.5, 0.6) is 5.75 Å². The monoisotopic (exact) mass is 383 g/mol. The van der Waals surface area contributed by atoms with Crippen LogP contribution in [0.1, 0.15) is 6.92 Å². The zero-order chi connectivity index (χ0) is 20.1. The molecular formula is C24H21N3O2. The molecule has 1 heterocycles. The van der Waals surface area contributed by atoms with E-state index < -0.39 is 6.10 Å². The lowest BCUT2D eigenvalue weighted by molar-refractivity contribution is -0.122. The normalized spacial score (nSPS) is 11.6. The molecule has 4 aromatic rings. The van der Waals surface area contributed by atoms with E-state index in [-0.39, 0.29) is 5.91 Å². The number of aromatic nitrogens is 2. The molecule has 0 saturated carbocycles. The highest BCUT2D eigenvalue weighted by atomic mass is 16.5. The number of rotatable bonds is 6. The highest BCUT2D eigenvalue weighted by Gasteiger charge is 2.15. The Labute approximate surface area is 169 Å². The van der Waals surface area contributed by atoms with Crippen molar-refractivity contribution in [2.75, 3.05) is 5.32 Å². The Kier molecular flexibility index (Phi) is 5.38. The smallest absolute Gasteiger partial charge is 0.265 e. The summed E-state index contributed by atoms with van der Waals surface area (Å²) in [6, 6.07) is 25.4. The Morgan fingerprint density at radius 3 is 2.28 bits per heavy atom. The molecule has 5 heteroatoms. The second kappa shape index (κ2) is 8.44. The number of nitrogens with one attached hydrogen (secondary N) is 1. The molecule has 3 aromatic carbocycles. The van der Waals surface area contributed by atoms with Crippen LogP contribution < -0.4 is 10.1 Å². The molecule has 0 saturated heterocycles. The number of imidazole rings is 1. The van der Waals surface area contributed by atoms with Gasteiger partial charge in [-0.3, -0.25) is 4.79 Å². The second-order valence-corrected chi connectivity index (χ2v) is 6.66. The zero-order valence-corrected chi connectivity index (χ0v) is 16.0. The van der Waals surface area contributed by atoms with Crippen molar-refractivity contribution in [1.29, 1.82) is 0 Å². The number of anilines is 1. The van der Waals surface area contributed by atoms with E-state index in [0.717, 1.165) is 22.5 Å². The highest BCUT2D eigenvalue weighted by molar-refractivity contribution is 5.94. The summed E-state index contributed by atoms with van der Waals surface area (Å²) in [5, 5.41) is 2.90. The molecule has 0 fully saturated rings. The molecule has 0 aliphatic rings. The number of benzene rings is 3. The molecule has 0 spiro atoms. The fraction of sp³-hybridized carbons (Fsp3) is 0.0833. The Bertz CT molecular complexity index is 1060. The maximum atomic E-state index is 12.5. The van der Waals surface area contributed by atoms with Crippen LogP contribution in [-0.2, 0) is 4.79 Å². The predicted molar refractivity (Wildman–Crippen MR) is 114 cm³/mol. The Morgan fingerprint density at radius 1 is 0.931 bits per heavy atom. The summed E-state index contributed by atoms with van der Waals surface area (Å²) in [6.07, 6.45) is 4.70.